The van der Waals surface area contributed by atoms with Gasteiger partial charge in [-0.3, -0.25) is 14.2 Å². The van der Waals surface area contributed by atoms with Gasteiger partial charge < -0.3 is 0 Å². The molecule has 0 unspecified atom stereocenters. The molecule has 1 aliphatic carbocycles. The maximum absolute atomic E-state index is 13.8. The second-order valence-corrected chi connectivity index (χ2v) is 12.3. The van der Waals surface area contributed by atoms with Crippen molar-refractivity contribution >= 4 is 78.6 Å². The SMILES string of the molecule is O=C(CSc1nc2sc3c(c2c(=O)n1-c1ccc(Cl)cc1)CCC3)NN=Cc1c2ccccc2cc2ccccc12. The molecule has 9 heteroatoms. The van der Waals surface area contributed by atoms with E-state index < -0.39 is 0 Å². The summed E-state index contributed by atoms with van der Waals surface area (Å²) in [5.41, 5.74) is 5.28. The number of fused-ring (bicyclic) bond motifs is 5. The predicted molar refractivity (Wildman–Crippen MR) is 170 cm³/mol. The van der Waals surface area contributed by atoms with Crippen molar-refractivity contribution in [3.8, 4) is 5.69 Å². The highest BCUT2D eigenvalue weighted by molar-refractivity contribution is 7.99. The number of carbonyl (C=O) groups excluding carboxylic acids is 1. The number of nitrogens with zero attached hydrogens (tertiary/aromatic N) is 3. The van der Waals surface area contributed by atoms with Gasteiger partial charge in [0.05, 0.1) is 23.0 Å². The standard InChI is InChI=1S/C32H23ClN4O2S2/c33-21-12-14-22(15-13-21)37-31(39)29-25-10-5-11-27(25)41-30(29)35-32(37)40-18-28(38)36-34-17-26-23-8-3-1-6-19(23)16-20-7-2-4-9-24(20)26/h1-4,6-9,12-17H,5,10-11,18H2,(H,36,38). The fraction of sp³-hybridized carbons (Fsp3) is 0.125. The summed E-state index contributed by atoms with van der Waals surface area (Å²) in [5, 5.41) is 10.4. The van der Waals surface area contributed by atoms with E-state index in [4.69, 9.17) is 16.6 Å². The van der Waals surface area contributed by atoms with Crippen LogP contribution in [0, 0.1) is 0 Å². The molecule has 0 aliphatic heterocycles. The molecule has 7 rings (SSSR count). The molecule has 6 aromatic rings. The molecule has 4 aromatic carbocycles. The highest BCUT2D eigenvalue weighted by Crippen LogP contribution is 2.36. The minimum Gasteiger partial charge on any atom is -0.272 e. The third-order valence-corrected chi connectivity index (χ3v) is 9.70. The van der Waals surface area contributed by atoms with E-state index in [9.17, 15) is 9.59 Å². The van der Waals surface area contributed by atoms with Crippen LogP contribution in [0.1, 0.15) is 22.4 Å². The molecule has 0 radical (unpaired) electrons. The molecular formula is C32H23ClN4O2S2. The number of hydrogen-bond acceptors (Lipinski definition) is 6. The third kappa shape index (κ3) is 4.82. The van der Waals surface area contributed by atoms with Gasteiger partial charge >= 0.3 is 0 Å². The number of amides is 1. The zero-order valence-corrected chi connectivity index (χ0v) is 24.2. The second-order valence-electron chi connectivity index (χ2n) is 9.86. The monoisotopic (exact) mass is 594 g/mol. The maximum Gasteiger partial charge on any atom is 0.267 e. The number of carbonyl (C=O) groups is 1. The number of aryl methyl sites for hydroxylation is 2. The van der Waals surface area contributed by atoms with Gasteiger partial charge in [-0.25, -0.2) is 10.4 Å². The first-order valence-corrected chi connectivity index (χ1v) is 15.4. The van der Waals surface area contributed by atoms with Gasteiger partial charge in [0.2, 0.25) is 0 Å². The normalized spacial score (nSPS) is 13.0. The van der Waals surface area contributed by atoms with Crippen LogP contribution in [-0.2, 0) is 17.6 Å². The van der Waals surface area contributed by atoms with E-state index in [-0.39, 0.29) is 17.2 Å². The number of thioether (sulfide) groups is 1. The topological polar surface area (TPSA) is 76.3 Å². The minimum atomic E-state index is -0.290. The first-order chi connectivity index (χ1) is 20.1. The van der Waals surface area contributed by atoms with E-state index in [1.165, 1.54) is 16.6 Å². The van der Waals surface area contributed by atoms with Gasteiger partial charge in [-0.15, -0.1) is 11.3 Å². The summed E-state index contributed by atoms with van der Waals surface area (Å²) in [6.07, 6.45) is 4.63. The van der Waals surface area contributed by atoms with Gasteiger partial charge in [0.15, 0.2) is 5.16 Å². The number of rotatable bonds is 6. The summed E-state index contributed by atoms with van der Waals surface area (Å²) < 4.78 is 1.59. The molecule has 1 N–H and O–H groups in total. The summed E-state index contributed by atoms with van der Waals surface area (Å²) in [5.74, 6) is -0.244. The van der Waals surface area contributed by atoms with Crippen molar-refractivity contribution in [2.24, 2.45) is 5.10 Å². The molecule has 202 valence electrons. The Hall–Kier alpha value is -3.98. The molecule has 1 aliphatic rings. The molecule has 0 bridgehead atoms. The van der Waals surface area contributed by atoms with E-state index in [2.05, 4.69) is 40.9 Å². The van der Waals surface area contributed by atoms with Crippen LogP contribution in [0.3, 0.4) is 0 Å². The van der Waals surface area contributed by atoms with Gasteiger partial charge in [-0.1, -0.05) is 71.9 Å². The second kappa shape index (κ2) is 10.8. The van der Waals surface area contributed by atoms with E-state index in [1.54, 1.807) is 46.4 Å². The Kier molecular flexibility index (Phi) is 6.82. The Balaban J connectivity index is 1.17. The molecule has 2 heterocycles. The van der Waals surface area contributed by atoms with Crippen molar-refractivity contribution in [2.45, 2.75) is 24.4 Å². The Morgan fingerprint density at radius 3 is 2.46 bits per heavy atom. The third-order valence-electron chi connectivity index (χ3n) is 7.32. The van der Waals surface area contributed by atoms with Crippen LogP contribution in [0.5, 0.6) is 0 Å². The zero-order chi connectivity index (χ0) is 27.9. The first kappa shape index (κ1) is 26.0. The van der Waals surface area contributed by atoms with Crippen LogP contribution in [0.2, 0.25) is 5.02 Å². The van der Waals surface area contributed by atoms with Gasteiger partial charge in [0, 0.05) is 15.5 Å². The van der Waals surface area contributed by atoms with Gasteiger partial charge in [-0.05, 0) is 76.7 Å². The van der Waals surface area contributed by atoms with Crippen LogP contribution in [0.25, 0.3) is 37.4 Å². The smallest absolute Gasteiger partial charge is 0.267 e. The van der Waals surface area contributed by atoms with Crippen molar-refractivity contribution < 1.29 is 4.79 Å². The molecule has 2 aromatic heterocycles. The van der Waals surface area contributed by atoms with Crippen LogP contribution < -0.4 is 11.0 Å². The molecule has 0 saturated heterocycles. The number of nitrogens with one attached hydrogen (secondary N) is 1. The summed E-state index contributed by atoms with van der Waals surface area (Å²) in [7, 11) is 0. The predicted octanol–water partition coefficient (Wildman–Crippen LogP) is 7.14. The molecule has 0 fully saturated rings. The number of aromatic nitrogens is 2. The Morgan fingerprint density at radius 1 is 1.02 bits per heavy atom. The Bertz CT molecular complexity index is 2010. The average Bonchev–Trinajstić information content (AvgIpc) is 3.58. The Morgan fingerprint density at radius 2 is 1.73 bits per heavy atom. The largest absolute Gasteiger partial charge is 0.272 e. The zero-order valence-electron chi connectivity index (χ0n) is 21.8. The number of thiophene rings is 1. The lowest BCUT2D eigenvalue weighted by molar-refractivity contribution is -0.118. The van der Waals surface area contributed by atoms with Crippen molar-refractivity contribution in [1.82, 2.24) is 15.0 Å². The number of benzene rings is 4. The summed E-state index contributed by atoms with van der Waals surface area (Å²) in [6, 6.07) is 25.5. The lowest BCUT2D eigenvalue weighted by Gasteiger charge is -2.12. The van der Waals surface area contributed by atoms with Crippen LogP contribution in [0.15, 0.2) is 93.9 Å². The summed E-state index contributed by atoms with van der Waals surface area (Å²) in [4.78, 5) is 33.5. The maximum atomic E-state index is 13.8. The highest BCUT2D eigenvalue weighted by atomic mass is 35.5. The van der Waals surface area contributed by atoms with Gasteiger partial charge in [-0.2, -0.15) is 5.10 Å². The lowest BCUT2D eigenvalue weighted by Crippen LogP contribution is -2.24. The average molecular weight is 595 g/mol. The fourth-order valence-corrected chi connectivity index (χ4v) is 7.69. The fourth-order valence-electron chi connectivity index (χ4n) is 5.46. The molecule has 6 nitrogen and oxygen atoms in total. The lowest BCUT2D eigenvalue weighted by atomic mass is 9.97. The first-order valence-electron chi connectivity index (χ1n) is 13.3. The van der Waals surface area contributed by atoms with E-state index in [0.717, 1.165) is 56.8 Å². The summed E-state index contributed by atoms with van der Waals surface area (Å²) >= 11 is 8.92. The van der Waals surface area contributed by atoms with Crippen molar-refractivity contribution in [2.75, 3.05) is 5.75 Å². The van der Waals surface area contributed by atoms with Crippen molar-refractivity contribution in [3.63, 3.8) is 0 Å². The molecule has 0 saturated carbocycles. The van der Waals surface area contributed by atoms with Crippen LogP contribution >= 0.6 is 34.7 Å². The van der Waals surface area contributed by atoms with Crippen LogP contribution in [0.4, 0.5) is 0 Å². The Labute approximate surface area is 248 Å². The molecule has 41 heavy (non-hydrogen) atoms. The number of hydrazone groups is 1. The van der Waals surface area contributed by atoms with Crippen LogP contribution in [-0.4, -0.2) is 27.4 Å². The molecular weight excluding hydrogens is 572 g/mol. The highest BCUT2D eigenvalue weighted by Gasteiger charge is 2.24. The van der Waals surface area contributed by atoms with E-state index >= 15 is 0 Å². The van der Waals surface area contributed by atoms with Crippen molar-refractivity contribution in [3.05, 3.63) is 110 Å². The molecule has 0 spiro atoms. The molecule has 0 atom stereocenters. The molecule has 1 amide bonds. The van der Waals surface area contributed by atoms with Crippen molar-refractivity contribution in [1.29, 1.82) is 0 Å². The quantitative estimate of drug-likeness (QED) is 0.0731. The van der Waals surface area contributed by atoms with Gasteiger partial charge in [0.25, 0.3) is 11.5 Å². The number of hydrogen-bond donors (Lipinski definition) is 1. The minimum absolute atomic E-state index is 0.0459. The van der Waals surface area contributed by atoms with E-state index in [0.29, 0.717) is 21.3 Å². The summed E-state index contributed by atoms with van der Waals surface area (Å²) in [6.45, 7) is 0. The van der Waals surface area contributed by atoms with Gasteiger partial charge in [0.1, 0.15) is 4.83 Å². The van der Waals surface area contributed by atoms with E-state index in [1.807, 2.05) is 24.3 Å². The number of halogens is 1.